The minimum Gasteiger partial charge on any atom is -0.494 e. The van der Waals surface area contributed by atoms with Crippen LogP contribution in [0.4, 0.5) is 28.9 Å². The summed E-state index contributed by atoms with van der Waals surface area (Å²) in [6, 6.07) is 10.2. The molecule has 2 aromatic carbocycles. The molecule has 0 spiro atoms. The summed E-state index contributed by atoms with van der Waals surface area (Å²) in [6.45, 7) is 6.87. The third kappa shape index (κ3) is 5.97. The van der Waals surface area contributed by atoms with Crippen LogP contribution in [0.15, 0.2) is 47.6 Å². The van der Waals surface area contributed by atoms with Crippen LogP contribution in [0.25, 0.3) is 0 Å². The first-order valence-electron chi connectivity index (χ1n) is 12.6. The number of hydrogen-bond donors (Lipinski definition) is 1. The highest BCUT2D eigenvalue weighted by atomic mass is 19.4. The molecule has 7 nitrogen and oxygen atoms in total. The molecule has 4 rings (SSSR count). The van der Waals surface area contributed by atoms with Gasteiger partial charge in [-0.3, -0.25) is 9.80 Å². The van der Waals surface area contributed by atoms with Gasteiger partial charge in [-0.1, -0.05) is 13.8 Å². The van der Waals surface area contributed by atoms with Crippen molar-refractivity contribution in [1.29, 1.82) is 0 Å². The second kappa shape index (κ2) is 11.1. The lowest BCUT2D eigenvalue weighted by Crippen LogP contribution is -2.44. The molecule has 11 heteroatoms. The van der Waals surface area contributed by atoms with Crippen molar-refractivity contribution in [3.8, 4) is 11.5 Å². The van der Waals surface area contributed by atoms with Crippen molar-refractivity contribution in [3.63, 3.8) is 0 Å². The average molecular weight is 538 g/mol. The average Bonchev–Trinajstić information content (AvgIpc) is 3.18. The second-order valence-corrected chi connectivity index (χ2v) is 9.69. The summed E-state index contributed by atoms with van der Waals surface area (Å²) in [6.07, 6.45) is -4.62. The van der Waals surface area contributed by atoms with Gasteiger partial charge in [-0.2, -0.15) is 18.3 Å². The lowest BCUT2D eigenvalue weighted by molar-refractivity contribution is -0.137. The number of anilines is 2. The topological polar surface area (TPSA) is 74.6 Å². The van der Waals surface area contributed by atoms with E-state index in [1.807, 2.05) is 18.7 Å². The monoisotopic (exact) mass is 537 g/mol. The van der Waals surface area contributed by atoms with Crippen LogP contribution in [0.1, 0.15) is 33.6 Å². The van der Waals surface area contributed by atoms with E-state index in [2.05, 4.69) is 5.10 Å². The van der Waals surface area contributed by atoms with Crippen molar-refractivity contribution in [1.82, 2.24) is 0 Å². The van der Waals surface area contributed by atoms with Gasteiger partial charge in [0.2, 0.25) is 0 Å². The molecule has 38 heavy (non-hydrogen) atoms. The lowest BCUT2D eigenvalue weighted by atomic mass is 9.94. The molecule has 206 valence electrons. The smallest absolute Gasteiger partial charge is 0.431 e. The quantitative estimate of drug-likeness (QED) is 0.433. The molecule has 2 aliphatic heterocycles. The molecule has 0 radical (unpaired) electrons. The number of carbonyl (C=O) groups is 1. The first-order valence-corrected chi connectivity index (χ1v) is 12.6. The van der Waals surface area contributed by atoms with Crippen LogP contribution in [0, 0.1) is 17.7 Å². The Labute approximate surface area is 218 Å². The molecule has 2 heterocycles. The van der Waals surface area contributed by atoms with E-state index in [1.165, 1.54) is 13.0 Å². The number of rotatable bonds is 8. The van der Waals surface area contributed by atoms with Crippen LogP contribution in [0.2, 0.25) is 0 Å². The van der Waals surface area contributed by atoms with Gasteiger partial charge in [0.15, 0.2) is 0 Å². The SMILES string of the molecule is CCOc1ccc(F)c(N2CC[C@H](Oc3ccc(N4N=C(C(F)(F)F)[C@@H](C)[C@@H]4CC(=O)O)cc3)[C@H](C)C2)c1. The maximum atomic E-state index is 14.5. The standard InChI is InChI=1S/C27H31F4N3O4/c1-4-37-20-9-10-21(28)23(13-20)33-12-11-24(16(2)15-33)38-19-7-5-18(6-8-19)34-22(14-25(35)36)17(3)26(32-34)27(29,30)31/h5-10,13,16-17,22,24H,4,11-12,14-15H2,1-3H3,(H,35,36)/t16-,17+,22+,24+/m1/s1. The summed E-state index contributed by atoms with van der Waals surface area (Å²) >= 11 is 0. The molecule has 1 fully saturated rings. The van der Waals surface area contributed by atoms with E-state index < -0.39 is 36.2 Å². The van der Waals surface area contributed by atoms with Crippen LogP contribution in [0.3, 0.4) is 0 Å². The zero-order chi connectivity index (χ0) is 27.6. The predicted molar refractivity (Wildman–Crippen MR) is 136 cm³/mol. The maximum Gasteiger partial charge on any atom is 0.431 e. The molecule has 2 aliphatic rings. The molecule has 0 aliphatic carbocycles. The Hall–Kier alpha value is -3.50. The largest absolute Gasteiger partial charge is 0.494 e. The van der Waals surface area contributed by atoms with Crippen LogP contribution < -0.4 is 19.4 Å². The van der Waals surface area contributed by atoms with Gasteiger partial charge in [0.05, 0.1) is 30.4 Å². The molecule has 4 atom stereocenters. The number of piperidine rings is 1. The number of nitrogens with zero attached hydrogens (tertiary/aromatic N) is 3. The second-order valence-electron chi connectivity index (χ2n) is 9.69. The summed E-state index contributed by atoms with van der Waals surface area (Å²) < 4.78 is 66.5. The third-order valence-corrected chi connectivity index (χ3v) is 7.00. The molecular weight excluding hydrogens is 506 g/mol. The highest BCUT2D eigenvalue weighted by molar-refractivity contribution is 5.95. The maximum absolute atomic E-state index is 14.5. The van der Waals surface area contributed by atoms with Crippen LogP contribution in [-0.2, 0) is 4.79 Å². The number of alkyl halides is 3. The summed E-state index contributed by atoms with van der Waals surface area (Å²) in [5.74, 6) is -1.39. The number of hydrogen-bond acceptors (Lipinski definition) is 6. The van der Waals surface area contributed by atoms with Gasteiger partial charge in [0, 0.05) is 37.4 Å². The first kappa shape index (κ1) is 27.5. The van der Waals surface area contributed by atoms with Crippen LogP contribution in [0.5, 0.6) is 11.5 Å². The fourth-order valence-electron chi connectivity index (χ4n) is 5.04. The molecule has 0 bridgehead atoms. The number of halogens is 4. The molecule has 1 saturated heterocycles. The van der Waals surface area contributed by atoms with Crippen molar-refractivity contribution < 1.29 is 36.9 Å². The van der Waals surface area contributed by atoms with E-state index in [1.54, 1.807) is 36.4 Å². The number of carboxylic acid groups (broad SMARTS) is 1. The summed E-state index contributed by atoms with van der Waals surface area (Å²) in [4.78, 5) is 13.3. The molecule has 0 saturated carbocycles. The Balaban J connectivity index is 1.43. The number of hydrazone groups is 1. The Morgan fingerprint density at radius 1 is 1.13 bits per heavy atom. The van der Waals surface area contributed by atoms with Crippen molar-refractivity contribution in [2.24, 2.45) is 16.9 Å². The van der Waals surface area contributed by atoms with Crippen molar-refractivity contribution in [2.75, 3.05) is 29.6 Å². The first-order chi connectivity index (χ1) is 18.0. The van der Waals surface area contributed by atoms with Gasteiger partial charge < -0.3 is 19.5 Å². The fourth-order valence-corrected chi connectivity index (χ4v) is 5.04. The van der Waals surface area contributed by atoms with Gasteiger partial charge in [-0.25, -0.2) is 4.39 Å². The van der Waals surface area contributed by atoms with Gasteiger partial charge in [-0.05, 0) is 43.3 Å². The summed E-state index contributed by atoms with van der Waals surface area (Å²) in [7, 11) is 0. The molecule has 2 aromatic rings. The summed E-state index contributed by atoms with van der Waals surface area (Å²) in [5, 5.41) is 14.1. The number of ether oxygens (including phenoxy) is 2. The number of benzene rings is 2. The van der Waals surface area contributed by atoms with Gasteiger partial charge in [-0.15, -0.1) is 0 Å². The molecule has 0 aromatic heterocycles. The highest BCUT2D eigenvalue weighted by Gasteiger charge is 2.48. The van der Waals surface area contributed by atoms with Crippen molar-refractivity contribution in [2.45, 2.75) is 51.9 Å². The molecule has 0 amide bonds. The number of aliphatic carboxylic acids is 1. The molecule has 1 N–H and O–H groups in total. The third-order valence-electron chi connectivity index (χ3n) is 7.00. The normalized spacial score (nSPS) is 23.8. The minimum atomic E-state index is -4.65. The van der Waals surface area contributed by atoms with E-state index in [0.717, 1.165) is 5.01 Å². The van der Waals surface area contributed by atoms with E-state index in [4.69, 9.17) is 9.47 Å². The lowest BCUT2D eigenvalue weighted by Gasteiger charge is -2.38. The van der Waals surface area contributed by atoms with Crippen molar-refractivity contribution in [3.05, 3.63) is 48.3 Å². The summed E-state index contributed by atoms with van der Waals surface area (Å²) in [5.41, 5.74) is -0.157. The van der Waals surface area contributed by atoms with Crippen molar-refractivity contribution >= 4 is 23.1 Å². The predicted octanol–water partition coefficient (Wildman–Crippen LogP) is 5.74. The number of carboxylic acids is 1. The zero-order valence-corrected chi connectivity index (χ0v) is 21.4. The highest BCUT2D eigenvalue weighted by Crippen LogP contribution is 2.37. The minimum absolute atomic E-state index is 0.0666. The van der Waals surface area contributed by atoms with Crippen LogP contribution >= 0.6 is 0 Å². The van der Waals surface area contributed by atoms with Gasteiger partial charge in [0.25, 0.3) is 0 Å². The Kier molecular flexibility index (Phi) is 8.03. The van der Waals surface area contributed by atoms with E-state index >= 15 is 0 Å². The van der Waals surface area contributed by atoms with E-state index in [0.29, 0.717) is 49.0 Å². The van der Waals surface area contributed by atoms with Gasteiger partial charge >= 0.3 is 12.1 Å². The van der Waals surface area contributed by atoms with Crippen LogP contribution in [-0.4, -0.2) is 54.8 Å². The Morgan fingerprint density at radius 3 is 2.42 bits per heavy atom. The Morgan fingerprint density at radius 2 is 1.82 bits per heavy atom. The van der Waals surface area contributed by atoms with Gasteiger partial charge in [0.1, 0.15) is 29.1 Å². The van der Waals surface area contributed by atoms with E-state index in [9.17, 15) is 27.5 Å². The van der Waals surface area contributed by atoms with E-state index in [-0.39, 0.29) is 17.8 Å². The fraction of sp³-hybridized carbons (Fsp3) is 0.481. The zero-order valence-electron chi connectivity index (χ0n) is 21.4. The molecule has 0 unspecified atom stereocenters. The Bertz CT molecular complexity index is 1170. The molecular formula is C27H31F4N3O4.